The van der Waals surface area contributed by atoms with Gasteiger partial charge in [0.2, 0.25) is 0 Å². The SMILES string of the molecule is CC(C)n1ncc2c(C(=O)NC3CC4CCC(C3)N4)cc(-c3ccccc3)nc21.Cl.Cl. The van der Waals surface area contributed by atoms with E-state index in [0.717, 1.165) is 35.1 Å². The maximum absolute atomic E-state index is 13.3. The Hall–Kier alpha value is -2.15. The van der Waals surface area contributed by atoms with Gasteiger partial charge in [0.1, 0.15) is 0 Å². The number of amides is 1. The van der Waals surface area contributed by atoms with E-state index in [9.17, 15) is 4.79 Å². The summed E-state index contributed by atoms with van der Waals surface area (Å²) in [5.74, 6) is -0.0239. The molecule has 3 aromatic rings. The van der Waals surface area contributed by atoms with Crippen LogP contribution < -0.4 is 10.6 Å². The van der Waals surface area contributed by atoms with Crippen molar-refractivity contribution >= 4 is 41.8 Å². The summed E-state index contributed by atoms with van der Waals surface area (Å²) < 4.78 is 1.89. The van der Waals surface area contributed by atoms with Crippen LogP contribution in [0.4, 0.5) is 0 Å². The summed E-state index contributed by atoms with van der Waals surface area (Å²) in [6, 6.07) is 13.4. The van der Waals surface area contributed by atoms with Crippen molar-refractivity contribution in [3.63, 3.8) is 0 Å². The highest BCUT2D eigenvalue weighted by atomic mass is 35.5. The summed E-state index contributed by atoms with van der Waals surface area (Å²) in [5, 5.41) is 12.3. The van der Waals surface area contributed by atoms with Gasteiger partial charge in [0.05, 0.1) is 22.8 Å². The molecule has 0 saturated carbocycles. The summed E-state index contributed by atoms with van der Waals surface area (Å²) >= 11 is 0. The van der Waals surface area contributed by atoms with Crippen LogP contribution in [-0.2, 0) is 0 Å². The van der Waals surface area contributed by atoms with Crippen LogP contribution in [0.3, 0.4) is 0 Å². The van der Waals surface area contributed by atoms with Crippen molar-refractivity contribution in [2.75, 3.05) is 0 Å². The van der Waals surface area contributed by atoms with Gasteiger partial charge in [-0.25, -0.2) is 9.67 Å². The largest absolute Gasteiger partial charge is 0.349 e. The fraction of sp³-hybridized carbons (Fsp3) is 0.435. The summed E-state index contributed by atoms with van der Waals surface area (Å²) in [6.07, 6.45) is 6.23. The molecule has 166 valence electrons. The first-order valence-electron chi connectivity index (χ1n) is 10.6. The summed E-state index contributed by atoms with van der Waals surface area (Å²) in [6.45, 7) is 4.15. The standard InChI is InChI=1S/C23H27N5O.2ClH/c1-14(2)28-22-20(13-24-28)19(12-21(27-22)15-6-4-3-5-7-15)23(29)26-18-10-16-8-9-17(11-18)25-16;;/h3-7,12-14,16-18,25H,8-11H2,1-2H3,(H,26,29);2*1H. The van der Waals surface area contributed by atoms with Gasteiger partial charge in [0.15, 0.2) is 5.65 Å². The first-order valence-corrected chi connectivity index (χ1v) is 10.6. The minimum Gasteiger partial charge on any atom is -0.349 e. The van der Waals surface area contributed by atoms with Crippen molar-refractivity contribution in [2.45, 2.75) is 63.7 Å². The number of hydrogen-bond donors (Lipinski definition) is 2. The molecule has 0 spiro atoms. The number of benzene rings is 1. The van der Waals surface area contributed by atoms with Crippen molar-refractivity contribution in [2.24, 2.45) is 0 Å². The van der Waals surface area contributed by atoms with E-state index in [-0.39, 0.29) is 42.8 Å². The van der Waals surface area contributed by atoms with E-state index in [1.807, 2.05) is 41.1 Å². The lowest BCUT2D eigenvalue weighted by Gasteiger charge is -2.29. The summed E-state index contributed by atoms with van der Waals surface area (Å²) in [5.41, 5.74) is 3.22. The van der Waals surface area contributed by atoms with Crippen molar-refractivity contribution in [3.05, 3.63) is 48.2 Å². The maximum Gasteiger partial charge on any atom is 0.252 e. The van der Waals surface area contributed by atoms with Crippen molar-refractivity contribution in [3.8, 4) is 11.3 Å². The van der Waals surface area contributed by atoms with E-state index in [1.54, 1.807) is 6.20 Å². The number of nitrogens with one attached hydrogen (secondary N) is 2. The third-order valence-corrected chi connectivity index (χ3v) is 6.18. The van der Waals surface area contributed by atoms with Crippen LogP contribution in [0.2, 0.25) is 0 Å². The summed E-state index contributed by atoms with van der Waals surface area (Å²) in [4.78, 5) is 18.2. The van der Waals surface area contributed by atoms with Crippen LogP contribution in [0.5, 0.6) is 0 Å². The smallest absolute Gasteiger partial charge is 0.252 e. The van der Waals surface area contributed by atoms with Gasteiger partial charge in [-0.05, 0) is 45.6 Å². The maximum atomic E-state index is 13.3. The minimum absolute atomic E-state index is 0. The zero-order valence-corrected chi connectivity index (χ0v) is 19.4. The molecular weight excluding hydrogens is 433 g/mol. The van der Waals surface area contributed by atoms with Crippen LogP contribution in [-0.4, -0.2) is 38.8 Å². The van der Waals surface area contributed by atoms with E-state index < -0.39 is 0 Å². The number of halogens is 2. The van der Waals surface area contributed by atoms with E-state index in [1.165, 1.54) is 12.8 Å². The topological polar surface area (TPSA) is 71.8 Å². The number of aromatic nitrogens is 3. The van der Waals surface area contributed by atoms with Crippen LogP contribution in [0.25, 0.3) is 22.3 Å². The second-order valence-corrected chi connectivity index (χ2v) is 8.62. The predicted octanol–water partition coefficient (Wildman–Crippen LogP) is 4.54. The Labute approximate surface area is 195 Å². The van der Waals surface area contributed by atoms with Crippen LogP contribution >= 0.6 is 24.8 Å². The van der Waals surface area contributed by atoms with Gasteiger partial charge in [-0.15, -0.1) is 24.8 Å². The molecule has 5 rings (SSSR count). The monoisotopic (exact) mass is 461 g/mol. The van der Waals surface area contributed by atoms with Crippen molar-refractivity contribution < 1.29 is 4.79 Å². The van der Waals surface area contributed by atoms with Crippen molar-refractivity contribution in [1.29, 1.82) is 0 Å². The molecule has 2 saturated heterocycles. The number of rotatable bonds is 4. The molecule has 8 heteroatoms. The molecule has 1 aromatic carbocycles. The zero-order valence-electron chi connectivity index (χ0n) is 17.7. The Bertz CT molecular complexity index is 1040. The van der Waals surface area contributed by atoms with E-state index in [4.69, 9.17) is 4.98 Å². The average molecular weight is 462 g/mol. The molecule has 1 amide bonds. The van der Waals surface area contributed by atoms with Gasteiger partial charge < -0.3 is 10.6 Å². The normalized spacial score (nSPS) is 22.1. The van der Waals surface area contributed by atoms with Gasteiger partial charge in [-0.2, -0.15) is 5.10 Å². The lowest BCUT2D eigenvalue weighted by Crippen LogP contribution is -2.48. The molecule has 2 aliphatic heterocycles. The Morgan fingerprint density at radius 2 is 1.81 bits per heavy atom. The Balaban J connectivity index is 0.00000136. The average Bonchev–Trinajstić information content (AvgIpc) is 3.30. The van der Waals surface area contributed by atoms with Crippen molar-refractivity contribution in [1.82, 2.24) is 25.4 Å². The first-order chi connectivity index (χ1) is 14.1. The number of pyridine rings is 1. The molecule has 2 fully saturated rings. The van der Waals surface area contributed by atoms with Gasteiger partial charge in [-0.3, -0.25) is 4.79 Å². The number of piperidine rings is 1. The molecule has 2 aromatic heterocycles. The molecular formula is C23H29Cl2N5O. The third kappa shape index (κ3) is 4.56. The molecule has 2 atom stereocenters. The van der Waals surface area contributed by atoms with E-state index in [0.29, 0.717) is 17.6 Å². The molecule has 6 nitrogen and oxygen atoms in total. The Morgan fingerprint density at radius 1 is 1.13 bits per heavy atom. The molecule has 2 unspecified atom stereocenters. The minimum atomic E-state index is -0.0239. The number of nitrogens with zero attached hydrogens (tertiary/aromatic N) is 3. The summed E-state index contributed by atoms with van der Waals surface area (Å²) in [7, 11) is 0. The molecule has 4 heterocycles. The molecule has 0 radical (unpaired) electrons. The number of carbonyl (C=O) groups excluding carboxylic acids is 1. The quantitative estimate of drug-likeness (QED) is 0.598. The highest BCUT2D eigenvalue weighted by molar-refractivity contribution is 6.06. The van der Waals surface area contributed by atoms with Gasteiger partial charge in [0, 0.05) is 29.7 Å². The number of hydrogen-bond acceptors (Lipinski definition) is 4. The fourth-order valence-corrected chi connectivity index (χ4v) is 4.78. The first kappa shape index (κ1) is 23.5. The Kier molecular flexibility index (Phi) is 7.24. The van der Waals surface area contributed by atoms with Crippen LogP contribution in [0, 0.1) is 0 Å². The molecule has 0 aliphatic carbocycles. The number of fused-ring (bicyclic) bond motifs is 3. The highest BCUT2D eigenvalue weighted by Gasteiger charge is 2.34. The lowest BCUT2D eigenvalue weighted by molar-refractivity contribution is 0.0925. The zero-order chi connectivity index (χ0) is 20.0. The number of carbonyl (C=O) groups is 1. The molecule has 2 aliphatic rings. The molecule has 2 N–H and O–H groups in total. The highest BCUT2D eigenvalue weighted by Crippen LogP contribution is 2.29. The predicted molar refractivity (Wildman–Crippen MR) is 128 cm³/mol. The lowest BCUT2D eigenvalue weighted by atomic mass is 9.99. The van der Waals surface area contributed by atoms with E-state index in [2.05, 4.69) is 29.6 Å². The van der Waals surface area contributed by atoms with Gasteiger partial charge in [-0.1, -0.05) is 30.3 Å². The van der Waals surface area contributed by atoms with Crippen LogP contribution in [0.1, 0.15) is 55.9 Å². The van der Waals surface area contributed by atoms with Crippen LogP contribution in [0.15, 0.2) is 42.6 Å². The van der Waals surface area contributed by atoms with Gasteiger partial charge in [0.25, 0.3) is 5.91 Å². The molecule has 31 heavy (non-hydrogen) atoms. The Morgan fingerprint density at radius 3 is 2.45 bits per heavy atom. The third-order valence-electron chi connectivity index (χ3n) is 6.18. The molecule has 2 bridgehead atoms. The second-order valence-electron chi connectivity index (χ2n) is 8.62. The second kappa shape index (κ2) is 9.55. The fourth-order valence-electron chi connectivity index (χ4n) is 4.78. The van der Waals surface area contributed by atoms with E-state index >= 15 is 0 Å². The van der Waals surface area contributed by atoms with Gasteiger partial charge >= 0.3 is 0 Å².